The van der Waals surface area contributed by atoms with E-state index in [1.807, 2.05) is 37.8 Å². The number of aromatic nitrogens is 2. The van der Waals surface area contributed by atoms with Gasteiger partial charge in [0.15, 0.2) is 11.0 Å². The van der Waals surface area contributed by atoms with E-state index in [-0.39, 0.29) is 24.0 Å². The number of rotatable bonds is 3. The number of amides is 1. The molecule has 9 nitrogen and oxygen atoms in total. The Morgan fingerprint density at radius 3 is 2.33 bits per heavy atom. The number of hydrogen-bond donors (Lipinski definition) is 1. The number of anilines is 4. The maximum absolute atomic E-state index is 15.0. The number of nitrogen functional groups attached to an aromatic ring is 1. The highest BCUT2D eigenvalue weighted by atomic mass is 35.5. The summed E-state index contributed by atoms with van der Waals surface area (Å²) in [6.07, 6.45) is 1.78. The van der Waals surface area contributed by atoms with Crippen molar-refractivity contribution in [3.63, 3.8) is 0 Å². The van der Waals surface area contributed by atoms with Crippen LogP contribution >= 0.6 is 11.6 Å². The van der Waals surface area contributed by atoms with Crippen LogP contribution in [0.5, 0.6) is 0 Å². The smallest absolute Gasteiger partial charge is 0.410 e. The van der Waals surface area contributed by atoms with Gasteiger partial charge < -0.3 is 30.1 Å². The van der Waals surface area contributed by atoms with Gasteiger partial charge in [0.05, 0.1) is 11.4 Å². The lowest BCUT2D eigenvalue weighted by Crippen LogP contribution is -2.54. The van der Waals surface area contributed by atoms with E-state index >= 15 is 0 Å². The lowest BCUT2D eigenvalue weighted by Gasteiger charge is -2.44. The van der Waals surface area contributed by atoms with E-state index in [4.69, 9.17) is 22.1 Å². The zero-order chi connectivity index (χ0) is 25.6. The number of carbonyl (C=O) groups is 1. The largest absolute Gasteiger partial charge is 0.444 e. The van der Waals surface area contributed by atoms with Crippen molar-refractivity contribution < 1.29 is 13.9 Å². The SMILES string of the molecule is CC(C)(C)OC(=O)N1CCN(c2cc(N3C4CCC3CN(c3cc(Cl)nnc3N)C4)ccc2F)CC1. The number of nitrogens with two attached hydrogens (primary N) is 1. The molecule has 0 aliphatic carbocycles. The van der Waals surface area contributed by atoms with Crippen LogP contribution in [0.4, 0.5) is 32.1 Å². The first-order chi connectivity index (χ1) is 17.1. The topological polar surface area (TPSA) is 91.1 Å². The maximum atomic E-state index is 15.0. The minimum absolute atomic E-state index is 0.249. The van der Waals surface area contributed by atoms with Gasteiger partial charge in [-0.05, 0) is 51.8 Å². The van der Waals surface area contributed by atoms with E-state index in [9.17, 15) is 9.18 Å². The number of hydrogen-bond acceptors (Lipinski definition) is 8. The van der Waals surface area contributed by atoms with Crippen molar-refractivity contribution in [2.24, 2.45) is 0 Å². The first-order valence-corrected chi connectivity index (χ1v) is 12.8. The molecule has 194 valence electrons. The number of benzene rings is 1. The molecule has 3 aliphatic heterocycles. The van der Waals surface area contributed by atoms with Crippen LogP contribution in [0.15, 0.2) is 24.3 Å². The summed E-state index contributed by atoms with van der Waals surface area (Å²) in [5.41, 5.74) is 7.96. The Morgan fingerprint density at radius 1 is 1.03 bits per heavy atom. The van der Waals surface area contributed by atoms with Gasteiger partial charge in [0.25, 0.3) is 0 Å². The minimum atomic E-state index is -0.538. The standard InChI is InChI=1S/C25H33ClFN7O2/c1-25(2,3)36-24(35)32-10-8-31(9-11-32)20-12-16(6-7-19(20)27)34-17-4-5-18(34)15-33(14-17)21-13-22(26)29-30-23(21)28/h6-7,12-13,17-18H,4-5,8-11,14-15H2,1-3H3,(H2,28,30). The number of halogens is 2. The molecule has 0 radical (unpaired) electrons. The highest BCUT2D eigenvalue weighted by Crippen LogP contribution is 2.39. The van der Waals surface area contributed by atoms with E-state index in [0.717, 1.165) is 37.3 Å². The van der Waals surface area contributed by atoms with Crippen molar-refractivity contribution in [2.75, 3.05) is 59.7 Å². The van der Waals surface area contributed by atoms with Gasteiger partial charge in [-0.15, -0.1) is 10.2 Å². The molecular weight excluding hydrogens is 485 g/mol. The zero-order valence-electron chi connectivity index (χ0n) is 21.0. The van der Waals surface area contributed by atoms with Gasteiger partial charge in [0.1, 0.15) is 11.4 Å². The van der Waals surface area contributed by atoms with Gasteiger partial charge >= 0.3 is 6.09 Å². The molecule has 2 unspecified atom stereocenters. The highest BCUT2D eigenvalue weighted by Gasteiger charge is 2.41. The van der Waals surface area contributed by atoms with Crippen molar-refractivity contribution in [1.82, 2.24) is 15.1 Å². The Bertz CT molecular complexity index is 1120. The lowest BCUT2D eigenvalue weighted by molar-refractivity contribution is 0.0240. The Balaban J connectivity index is 1.29. The molecule has 3 fully saturated rings. The fourth-order valence-electron chi connectivity index (χ4n) is 5.50. The molecule has 36 heavy (non-hydrogen) atoms. The van der Waals surface area contributed by atoms with Gasteiger partial charge in [0.2, 0.25) is 0 Å². The van der Waals surface area contributed by atoms with Crippen LogP contribution in [0.2, 0.25) is 5.15 Å². The Morgan fingerprint density at radius 2 is 1.69 bits per heavy atom. The molecule has 2 aromatic rings. The summed E-state index contributed by atoms with van der Waals surface area (Å²) in [6.45, 7) is 9.21. The Kier molecular flexibility index (Phi) is 6.48. The fraction of sp³-hybridized carbons (Fsp3) is 0.560. The Labute approximate surface area is 215 Å². The normalized spacial score (nSPS) is 22.2. The average Bonchev–Trinajstić information content (AvgIpc) is 3.09. The number of piperazine rings is 2. The molecule has 2 bridgehead atoms. The maximum Gasteiger partial charge on any atom is 0.410 e. The number of ether oxygens (including phenoxy) is 1. The number of nitrogens with zero attached hydrogens (tertiary/aromatic N) is 6. The van der Waals surface area contributed by atoms with E-state index in [1.165, 1.54) is 0 Å². The van der Waals surface area contributed by atoms with Crippen molar-refractivity contribution in [1.29, 1.82) is 0 Å². The second-order valence-corrected chi connectivity index (χ2v) is 11.1. The molecular formula is C25H33ClFN7O2. The van der Waals surface area contributed by atoms with Crippen LogP contribution in [0, 0.1) is 5.82 Å². The van der Waals surface area contributed by atoms with Crippen molar-refractivity contribution >= 4 is 40.6 Å². The molecule has 2 atom stereocenters. The van der Waals surface area contributed by atoms with Crippen molar-refractivity contribution in [3.05, 3.63) is 35.2 Å². The minimum Gasteiger partial charge on any atom is -0.444 e. The third-order valence-electron chi connectivity index (χ3n) is 7.09. The summed E-state index contributed by atoms with van der Waals surface area (Å²) in [6, 6.07) is 7.71. The summed E-state index contributed by atoms with van der Waals surface area (Å²) in [5, 5.41) is 8.12. The first-order valence-electron chi connectivity index (χ1n) is 12.4. The molecule has 4 heterocycles. The fourth-order valence-corrected chi connectivity index (χ4v) is 5.64. The van der Waals surface area contributed by atoms with Crippen LogP contribution in [0.25, 0.3) is 0 Å². The molecule has 1 amide bonds. The third kappa shape index (κ3) is 4.96. The van der Waals surface area contributed by atoms with Crippen LogP contribution in [0.1, 0.15) is 33.6 Å². The van der Waals surface area contributed by atoms with E-state index < -0.39 is 5.60 Å². The lowest BCUT2D eigenvalue weighted by atomic mass is 10.1. The summed E-state index contributed by atoms with van der Waals surface area (Å²) in [4.78, 5) is 20.8. The number of carbonyl (C=O) groups excluding carboxylic acids is 1. The van der Waals surface area contributed by atoms with Gasteiger partial charge in [-0.3, -0.25) is 0 Å². The number of fused-ring (bicyclic) bond motifs is 2. The van der Waals surface area contributed by atoms with Crippen molar-refractivity contribution in [3.8, 4) is 0 Å². The highest BCUT2D eigenvalue weighted by molar-refractivity contribution is 6.29. The second kappa shape index (κ2) is 9.46. The quantitative estimate of drug-likeness (QED) is 0.658. The molecule has 3 saturated heterocycles. The van der Waals surface area contributed by atoms with E-state index in [2.05, 4.69) is 20.0 Å². The molecule has 2 N–H and O–H groups in total. The van der Waals surface area contributed by atoms with E-state index in [1.54, 1.807) is 17.0 Å². The zero-order valence-corrected chi connectivity index (χ0v) is 21.7. The van der Waals surface area contributed by atoms with Gasteiger partial charge in [0, 0.05) is 63.1 Å². The summed E-state index contributed by atoms with van der Waals surface area (Å²) in [5.74, 6) is 0.127. The molecule has 0 saturated carbocycles. The average molecular weight is 518 g/mol. The molecule has 3 aliphatic rings. The van der Waals surface area contributed by atoms with Gasteiger partial charge in [-0.2, -0.15) is 0 Å². The second-order valence-electron chi connectivity index (χ2n) is 10.7. The van der Waals surface area contributed by atoms with E-state index in [0.29, 0.717) is 42.8 Å². The van der Waals surface area contributed by atoms with Crippen LogP contribution in [-0.4, -0.2) is 78.1 Å². The van der Waals surface area contributed by atoms with Crippen LogP contribution < -0.4 is 20.4 Å². The van der Waals surface area contributed by atoms with Crippen molar-refractivity contribution in [2.45, 2.75) is 51.3 Å². The molecule has 1 aromatic heterocycles. The molecule has 11 heteroatoms. The predicted molar refractivity (Wildman–Crippen MR) is 139 cm³/mol. The van der Waals surface area contributed by atoms with Gasteiger partial charge in [-0.1, -0.05) is 11.6 Å². The first kappa shape index (κ1) is 24.7. The molecule has 5 rings (SSSR count). The predicted octanol–water partition coefficient (Wildman–Crippen LogP) is 3.77. The van der Waals surface area contributed by atoms with Gasteiger partial charge in [-0.25, -0.2) is 9.18 Å². The Hall–Kier alpha value is -3.01. The third-order valence-corrected chi connectivity index (χ3v) is 7.28. The summed E-state index contributed by atoms with van der Waals surface area (Å²) < 4.78 is 20.4. The van der Waals surface area contributed by atoms with Crippen LogP contribution in [0.3, 0.4) is 0 Å². The molecule has 0 spiro atoms. The summed E-state index contributed by atoms with van der Waals surface area (Å²) >= 11 is 6.07. The molecule has 1 aromatic carbocycles. The monoisotopic (exact) mass is 517 g/mol. The van der Waals surface area contributed by atoms with Crippen LogP contribution in [-0.2, 0) is 4.74 Å². The summed E-state index contributed by atoms with van der Waals surface area (Å²) in [7, 11) is 0.